The molecule has 7 heteroatoms. The molecule has 2 aromatic carbocycles. The van der Waals surface area contributed by atoms with Crippen LogP contribution >= 0.6 is 0 Å². The van der Waals surface area contributed by atoms with Crippen molar-refractivity contribution in [3.8, 4) is 0 Å². The van der Waals surface area contributed by atoms with Gasteiger partial charge in [0.05, 0.1) is 24.1 Å². The molecule has 0 N–H and O–H groups in total. The minimum Gasteiger partial charge on any atom is -0.467 e. The van der Waals surface area contributed by atoms with Gasteiger partial charge >= 0.3 is 0 Å². The summed E-state index contributed by atoms with van der Waals surface area (Å²) in [4.78, 5) is 44.8. The van der Waals surface area contributed by atoms with Crippen molar-refractivity contribution in [2.24, 2.45) is 0 Å². The van der Waals surface area contributed by atoms with Crippen molar-refractivity contribution in [1.29, 1.82) is 0 Å². The third-order valence-electron chi connectivity index (χ3n) is 7.01. The SMILES string of the molecule is CC12CCC(=O)N1c1ccccc1C(=O)N2CCCC(=O)N(Cc1ccccc1)Cc1ccco1. The lowest BCUT2D eigenvalue weighted by molar-refractivity contribution is -0.133. The van der Waals surface area contributed by atoms with Gasteiger partial charge in [-0.25, -0.2) is 0 Å². The minimum atomic E-state index is -0.705. The molecule has 7 nitrogen and oxygen atoms in total. The van der Waals surface area contributed by atoms with Gasteiger partial charge in [-0.3, -0.25) is 19.3 Å². The molecule has 1 atom stereocenters. The third kappa shape index (κ3) is 4.34. The van der Waals surface area contributed by atoms with Crippen LogP contribution in [0.15, 0.2) is 77.4 Å². The lowest BCUT2D eigenvalue weighted by atomic mass is 9.98. The Morgan fingerprint density at radius 2 is 1.77 bits per heavy atom. The highest BCUT2D eigenvalue weighted by atomic mass is 16.3. The van der Waals surface area contributed by atoms with E-state index in [0.29, 0.717) is 56.6 Å². The average molecular weight is 472 g/mol. The molecule has 0 aliphatic carbocycles. The maximum absolute atomic E-state index is 13.4. The molecule has 180 valence electrons. The van der Waals surface area contributed by atoms with E-state index >= 15 is 0 Å². The van der Waals surface area contributed by atoms with E-state index in [1.807, 2.05) is 67.6 Å². The van der Waals surface area contributed by atoms with Crippen LogP contribution in [0, 0.1) is 0 Å². The Labute approximate surface area is 204 Å². The van der Waals surface area contributed by atoms with Crippen LogP contribution < -0.4 is 4.90 Å². The first-order valence-corrected chi connectivity index (χ1v) is 12.1. The van der Waals surface area contributed by atoms with Crippen LogP contribution in [0.5, 0.6) is 0 Å². The molecule has 1 aromatic heterocycles. The normalized spacial score (nSPS) is 19.0. The fraction of sp³-hybridized carbons (Fsp3) is 0.321. The Morgan fingerprint density at radius 1 is 1.00 bits per heavy atom. The van der Waals surface area contributed by atoms with E-state index in [1.165, 1.54) is 0 Å². The standard InChI is InChI=1S/C28H29N3O4/c1-28-16-15-26(33)31(28)24-13-6-5-12-23(24)27(34)30(28)17-7-14-25(32)29(20-22-11-8-18-35-22)19-21-9-3-2-4-10-21/h2-6,8-13,18H,7,14-17,19-20H2,1H3. The quantitative estimate of drug-likeness (QED) is 0.482. The zero-order chi connectivity index (χ0) is 24.4. The Kier molecular flexibility index (Phi) is 6.16. The molecule has 0 saturated carbocycles. The molecule has 1 unspecified atom stereocenters. The maximum atomic E-state index is 13.4. The Bertz CT molecular complexity index is 1220. The summed E-state index contributed by atoms with van der Waals surface area (Å²) in [5, 5.41) is 0. The summed E-state index contributed by atoms with van der Waals surface area (Å²) >= 11 is 0. The highest BCUT2D eigenvalue weighted by molar-refractivity contribution is 6.10. The molecule has 0 bridgehead atoms. The predicted molar refractivity (Wildman–Crippen MR) is 131 cm³/mol. The number of carbonyl (C=O) groups is 3. The topological polar surface area (TPSA) is 74.1 Å². The first-order valence-electron chi connectivity index (χ1n) is 12.1. The van der Waals surface area contributed by atoms with Crippen LogP contribution in [0.1, 0.15) is 54.3 Å². The molecule has 2 aliphatic heterocycles. The van der Waals surface area contributed by atoms with Crippen molar-refractivity contribution < 1.29 is 18.8 Å². The van der Waals surface area contributed by atoms with E-state index in [0.717, 1.165) is 11.3 Å². The number of hydrogen-bond donors (Lipinski definition) is 0. The van der Waals surface area contributed by atoms with E-state index in [4.69, 9.17) is 4.42 Å². The van der Waals surface area contributed by atoms with Crippen LogP contribution in [-0.4, -0.2) is 39.7 Å². The van der Waals surface area contributed by atoms with Crippen LogP contribution in [0.2, 0.25) is 0 Å². The molecular formula is C28H29N3O4. The molecule has 1 saturated heterocycles. The number of anilines is 1. The largest absolute Gasteiger partial charge is 0.467 e. The number of furan rings is 1. The molecule has 35 heavy (non-hydrogen) atoms. The van der Waals surface area contributed by atoms with Crippen LogP contribution in [0.25, 0.3) is 0 Å². The van der Waals surface area contributed by atoms with Gasteiger partial charge in [-0.15, -0.1) is 0 Å². The number of carbonyl (C=O) groups excluding carboxylic acids is 3. The van der Waals surface area contributed by atoms with Gasteiger partial charge in [0.15, 0.2) is 0 Å². The second-order valence-corrected chi connectivity index (χ2v) is 9.34. The van der Waals surface area contributed by atoms with Gasteiger partial charge in [0, 0.05) is 25.9 Å². The fourth-order valence-corrected chi connectivity index (χ4v) is 5.21. The van der Waals surface area contributed by atoms with Gasteiger partial charge in [0.25, 0.3) is 5.91 Å². The monoisotopic (exact) mass is 471 g/mol. The fourth-order valence-electron chi connectivity index (χ4n) is 5.21. The van der Waals surface area contributed by atoms with Gasteiger partial charge in [-0.05, 0) is 49.6 Å². The van der Waals surface area contributed by atoms with Gasteiger partial charge in [-0.1, -0.05) is 42.5 Å². The van der Waals surface area contributed by atoms with E-state index in [9.17, 15) is 14.4 Å². The van der Waals surface area contributed by atoms with Gasteiger partial charge in [0.2, 0.25) is 11.8 Å². The Hall–Kier alpha value is -3.87. The molecule has 2 aliphatic rings. The van der Waals surface area contributed by atoms with Crippen molar-refractivity contribution in [2.45, 2.75) is 51.4 Å². The first-order chi connectivity index (χ1) is 17.0. The highest BCUT2D eigenvalue weighted by Gasteiger charge is 2.52. The summed E-state index contributed by atoms with van der Waals surface area (Å²) < 4.78 is 5.49. The lowest BCUT2D eigenvalue weighted by Gasteiger charge is -2.48. The summed E-state index contributed by atoms with van der Waals surface area (Å²) in [6.45, 7) is 3.22. The van der Waals surface area contributed by atoms with E-state index in [1.54, 1.807) is 27.0 Å². The second kappa shape index (κ2) is 9.41. The number of benzene rings is 2. The maximum Gasteiger partial charge on any atom is 0.257 e. The molecule has 0 spiro atoms. The predicted octanol–water partition coefficient (Wildman–Crippen LogP) is 4.59. The van der Waals surface area contributed by atoms with Crippen molar-refractivity contribution >= 4 is 23.4 Å². The molecular weight excluding hydrogens is 442 g/mol. The summed E-state index contributed by atoms with van der Waals surface area (Å²) in [5.74, 6) is 0.670. The Morgan fingerprint density at radius 3 is 2.54 bits per heavy atom. The number of amides is 3. The Balaban J connectivity index is 1.30. The number of fused-ring (bicyclic) bond motifs is 3. The van der Waals surface area contributed by atoms with E-state index in [2.05, 4.69) is 0 Å². The molecule has 3 heterocycles. The van der Waals surface area contributed by atoms with Crippen molar-refractivity contribution in [2.75, 3.05) is 11.4 Å². The summed E-state index contributed by atoms with van der Waals surface area (Å²) in [6.07, 6.45) is 3.40. The highest BCUT2D eigenvalue weighted by Crippen LogP contribution is 2.44. The lowest BCUT2D eigenvalue weighted by Crippen LogP contribution is -2.62. The number of hydrogen-bond acceptors (Lipinski definition) is 4. The van der Waals surface area contributed by atoms with E-state index < -0.39 is 5.66 Å². The summed E-state index contributed by atoms with van der Waals surface area (Å²) in [6, 6.07) is 20.8. The molecule has 3 aromatic rings. The third-order valence-corrected chi connectivity index (χ3v) is 7.01. The average Bonchev–Trinajstić information content (AvgIpc) is 3.49. The van der Waals surface area contributed by atoms with E-state index in [-0.39, 0.29) is 17.7 Å². The first kappa shape index (κ1) is 22.9. The zero-order valence-corrected chi connectivity index (χ0v) is 19.9. The smallest absolute Gasteiger partial charge is 0.257 e. The zero-order valence-electron chi connectivity index (χ0n) is 19.9. The van der Waals surface area contributed by atoms with Crippen molar-refractivity contribution in [3.05, 3.63) is 89.9 Å². The summed E-state index contributed by atoms with van der Waals surface area (Å²) in [7, 11) is 0. The number of para-hydroxylation sites is 1. The van der Waals surface area contributed by atoms with Crippen LogP contribution in [0.3, 0.4) is 0 Å². The minimum absolute atomic E-state index is 0.000353. The van der Waals surface area contributed by atoms with Gasteiger partial charge < -0.3 is 14.2 Å². The number of nitrogens with zero attached hydrogens (tertiary/aromatic N) is 3. The van der Waals surface area contributed by atoms with Crippen molar-refractivity contribution in [3.63, 3.8) is 0 Å². The molecule has 0 radical (unpaired) electrons. The van der Waals surface area contributed by atoms with Crippen LogP contribution in [0.4, 0.5) is 5.69 Å². The van der Waals surface area contributed by atoms with Gasteiger partial charge in [-0.2, -0.15) is 0 Å². The molecule has 1 fully saturated rings. The molecule has 3 amide bonds. The number of rotatable bonds is 8. The van der Waals surface area contributed by atoms with Crippen molar-refractivity contribution in [1.82, 2.24) is 9.80 Å². The van der Waals surface area contributed by atoms with Gasteiger partial charge in [0.1, 0.15) is 11.4 Å². The molecule has 5 rings (SSSR count). The second-order valence-electron chi connectivity index (χ2n) is 9.34. The van der Waals surface area contributed by atoms with Crippen LogP contribution in [-0.2, 0) is 22.7 Å². The summed E-state index contributed by atoms with van der Waals surface area (Å²) in [5.41, 5.74) is 1.56.